The van der Waals surface area contributed by atoms with Crippen molar-refractivity contribution in [1.82, 2.24) is 5.43 Å². The number of amides is 1. The van der Waals surface area contributed by atoms with Gasteiger partial charge in [0, 0.05) is 9.13 Å². The van der Waals surface area contributed by atoms with Gasteiger partial charge in [-0.1, -0.05) is 47.5 Å². The Morgan fingerprint density at radius 2 is 1.90 bits per heavy atom. The highest BCUT2D eigenvalue weighted by molar-refractivity contribution is 14.1. The first-order chi connectivity index (χ1) is 9.59. The summed E-state index contributed by atoms with van der Waals surface area (Å²) in [4.78, 5) is 11.9. The van der Waals surface area contributed by atoms with Crippen LogP contribution in [-0.4, -0.2) is 12.1 Å². The van der Waals surface area contributed by atoms with E-state index >= 15 is 0 Å². The number of hydrazone groups is 1. The van der Waals surface area contributed by atoms with Gasteiger partial charge in [0.25, 0.3) is 5.91 Å². The Labute approximate surface area is 140 Å². The van der Waals surface area contributed by atoms with Gasteiger partial charge < -0.3 is 0 Å². The Hall–Kier alpha value is -1.11. The lowest BCUT2D eigenvalue weighted by Gasteiger charge is -2.02. The molecule has 102 valence electrons. The smallest absolute Gasteiger partial charge is 0.267 e. The molecule has 0 bridgehead atoms. The van der Waals surface area contributed by atoms with Crippen molar-refractivity contribution in [3.8, 4) is 0 Å². The van der Waals surface area contributed by atoms with Crippen LogP contribution in [0.25, 0.3) is 0 Å². The third-order valence-electron chi connectivity index (χ3n) is 2.47. The molecule has 0 radical (unpaired) electrons. The molecular formula is C14H9Cl2IN2O. The summed E-state index contributed by atoms with van der Waals surface area (Å²) in [6, 6.07) is 12.5. The average Bonchev–Trinajstić information content (AvgIpc) is 2.44. The summed E-state index contributed by atoms with van der Waals surface area (Å²) in [7, 11) is 0. The fourth-order valence-corrected chi connectivity index (χ4v) is 2.48. The number of hydrogen-bond acceptors (Lipinski definition) is 2. The lowest BCUT2D eigenvalue weighted by atomic mass is 10.2. The summed E-state index contributed by atoms with van der Waals surface area (Å²) in [5.74, 6) is -0.274. The van der Waals surface area contributed by atoms with Crippen molar-refractivity contribution in [2.45, 2.75) is 0 Å². The highest BCUT2D eigenvalue weighted by atomic mass is 127. The molecule has 0 aliphatic heterocycles. The summed E-state index contributed by atoms with van der Waals surface area (Å²) >= 11 is 14.0. The molecule has 0 unspecified atom stereocenters. The zero-order chi connectivity index (χ0) is 14.5. The molecular weight excluding hydrogens is 410 g/mol. The number of carbonyl (C=O) groups excluding carboxylic acids is 1. The minimum atomic E-state index is -0.274. The van der Waals surface area contributed by atoms with Crippen LogP contribution in [0.4, 0.5) is 0 Å². The van der Waals surface area contributed by atoms with E-state index in [0.29, 0.717) is 21.2 Å². The van der Waals surface area contributed by atoms with Gasteiger partial charge in [-0.05, 0) is 40.8 Å². The topological polar surface area (TPSA) is 41.5 Å². The van der Waals surface area contributed by atoms with Crippen molar-refractivity contribution in [1.29, 1.82) is 0 Å². The minimum Gasteiger partial charge on any atom is -0.267 e. The van der Waals surface area contributed by atoms with Gasteiger partial charge in [-0.2, -0.15) is 5.10 Å². The molecule has 20 heavy (non-hydrogen) atoms. The Kier molecular flexibility index (Phi) is 5.39. The number of nitrogens with one attached hydrogen (secondary N) is 1. The van der Waals surface area contributed by atoms with Crippen LogP contribution in [0.2, 0.25) is 10.0 Å². The van der Waals surface area contributed by atoms with Gasteiger partial charge >= 0.3 is 0 Å². The molecule has 6 heteroatoms. The maximum absolute atomic E-state index is 11.9. The minimum absolute atomic E-state index is 0.274. The summed E-state index contributed by atoms with van der Waals surface area (Å²) in [5, 5.41) is 4.74. The molecule has 0 aliphatic carbocycles. The van der Waals surface area contributed by atoms with Gasteiger partial charge in [0.05, 0.1) is 21.8 Å². The van der Waals surface area contributed by atoms with Crippen molar-refractivity contribution in [3.63, 3.8) is 0 Å². The lowest BCUT2D eigenvalue weighted by molar-refractivity contribution is 0.0954. The SMILES string of the molecule is O=C(N/N=C/c1cccc(Cl)c1Cl)c1ccccc1I. The van der Waals surface area contributed by atoms with Crippen molar-refractivity contribution in [2.75, 3.05) is 0 Å². The first-order valence-corrected chi connectivity index (χ1v) is 7.45. The summed E-state index contributed by atoms with van der Waals surface area (Å²) in [6.07, 6.45) is 1.46. The monoisotopic (exact) mass is 418 g/mol. The second kappa shape index (κ2) is 7.06. The quantitative estimate of drug-likeness (QED) is 0.449. The molecule has 0 spiro atoms. The van der Waals surface area contributed by atoms with E-state index in [0.717, 1.165) is 3.57 Å². The molecule has 2 rings (SSSR count). The summed E-state index contributed by atoms with van der Waals surface area (Å²) < 4.78 is 0.860. The van der Waals surface area contributed by atoms with Gasteiger partial charge in [-0.25, -0.2) is 5.43 Å². The molecule has 2 aromatic rings. The number of halogens is 3. The number of hydrogen-bond donors (Lipinski definition) is 1. The van der Waals surface area contributed by atoms with Gasteiger partial charge in [0.2, 0.25) is 0 Å². The molecule has 0 atom stereocenters. The van der Waals surface area contributed by atoms with E-state index in [4.69, 9.17) is 23.2 Å². The standard InChI is InChI=1S/C14H9Cl2IN2O/c15-11-6-3-4-9(13(11)16)8-18-19-14(20)10-5-1-2-7-12(10)17/h1-8H,(H,19,20)/b18-8+. The first-order valence-electron chi connectivity index (χ1n) is 5.61. The van der Waals surface area contributed by atoms with Crippen LogP contribution < -0.4 is 5.43 Å². The second-order valence-corrected chi connectivity index (χ2v) is 5.77. The maximum atomic E-state index is 11.9. The van der Waals surface area contributed by atoms with Crippen molar-refractivity contribution < 1.29 is 4.79 Å². The lowest BCUT2D eigenvalue weighted by Crippen LogP contribution is -2.18. The number of rotatable bonds is 3. The summed E-state index contributed by atoms with van der Waals surface area (Å²) in [5.41, 5.74) is 3.67. The van der Waals surface area contributed by atoms with Crippen LogP contribution in [0.15, 0.2) is 47.6 Å². The van der Waals surface area contributed by atoms with E-state index in [9.17, 15) is 4.79 Å². The maximum Gasteiger partial charge on any atom is 0.272 e. The normalized spacial score (nSPS) is 10.8. The molecule has 0 fully saturated rings. The number of carbonyl (C=O) groups is 1. The van der Waals surface area contributed by atoms with Gasteiger partial charge in [0.1, 0.15) is 0 Å². The van der Waals surface area contributed by atoms with Gasteiger partial charge in [-0.3, -0.25) is 4.79 Å². The molecule has 0 heterocycles. The van der Waals surface area contributed by atoms with E-state index in [1.807, 2.05) is 12.1 Å². The molecule has 0 aromatic heterocycles. The predicted molar refractivity (Wildman–Crippen MR) is 90.7 cm³/mol. The van der Waals surface area contributed by atoms with E-state index in [-0.39, 0.29) is 5.91 Å². The largest absolute Gasteiger partial charge is 0.272 e. The molecule has 2 aromatic carbocycles. The van der Waals surface area contributed by atoms with Crippen LogP contribution in [0, 0.1) is 3.57 Å². The first kappa shape index (κ1) is 15.3. The highest BCUT2D eigenvalue weighted by Crippen LogP contribution is 2.24. The van der Waals surface area contributed by atoms with Crippen LogP contribution >= 0.6 is 45.8 Å². The molecule has 1 N–H and O–H groups in total. The predicted octanol–water partition coefficient (Wildman–Crippen LogP) is 4.36. The average molecular weight is 419 g/mol. The zero-order valence-electron chi connectivity index (χ0n) is 10.1. The molecule has 1 amide bonds. The highest BCUT2D eigenvalue weighted by Gasteiger charge is 2.07. The molecule has 0 aliphatic rings. The van der Waals surface area contributed by atoms with Gasteiger partial charge in [-0.15, -0.1) is 0 Å². The zero-order valence-corrected chi connectivity index (χ0v) is 13.8. The second-order valence-electron chi connectivity index (χ2n) is 3.82. The fraction of sp³-hybridized carbons (Fsp3) is 0. The Balaban J connectivity index is 2.09. The van der Waals surface area contributed by atoms with Crippen molar-refractivity contribution in [2.24, 2.45) is 5.10 Å². The van der Waals surface area contributed by atoms with Gasteiger partial charge in [0.15, 0.2) is 0 Å². The van der Waals surface area contributed by atoms with E-state index < -0.39 is 0 Å². The Morgan fingerprint density at radius 1 is 1.15 bits per heavy atom. The number of nitrogens with zero attached hydrogens (tertiary/aromatic N) is 1. The summed E-state index contributed by atoms with van der Waals surface area (Å²) in [6.45, 7) is 0. The molecule has 3 nitrogen and oxygen atoms in total. The van der Waals surface area contributed by atoms with E-state index in [2.05, 4.69) is 33.1 Å². The van der Waals surface area contributed by atoms with E-state index in [1.165, 1.54) is 6.21 Å². The van der Waals surface area contributed by atoms with Crippen LogP contribution in [0.5, 0.6) is 0 Å². The Bertz CT molecular complexity index is 674. The third kappa shape index (κ3) is 3.71. The van der Waals surface area contributed by atoms with Crippen molar-refractivity contribution in [3.05, 3.63) is 67.2 Å². The fourth-order valence-electron chi connectivity index (χ4n) is 1.49. The molecule has 0 saturated heterocycles. The Morgan fingerprint density at radius 3 is 2.65 bits per heavy atom. The van der Waals surface area contributed by atoms with E-state index in [1.54, 1.807) is 30.3 Å². The molecule has 0 saturated carbocycles. The number of benzene rings is 2. The third-order valence-corrected chi connectivity index (χ3v) is 4.24. The van der Waals surface area contributed by atoms with Crippen LogP contribution in [0.1, 0.15) is 15.9 Å². The van der Waals surface area contributed by atoms with Crippen LogP contribution in [-0.2, 0) is 0 Å². The van der Waals surface area contributed by atoms with Crippen LogP contribution in [0.3, 0.4) is 0 Å². The van der Waals surface area contributed by atoms with Crippen molar-refractivity contribution >= 4 is 57.9 Å².